The largest absolute Gasteiger partial charge is 0.374 e. The lowest BCUT2D eigenvalue weighted by Gasteiger charge is -2.20. The third-order valence-electron chi connectivity index (χ3n) is 10.1. The maximum absolute atomic E-state index is 13.2. The molecule has 0 bridgehead atoms. The van der Waals surface area contributed by atoms with Gasteiger partial charge in [-0.3, -0.25) is 4.79 Å². The van der Waals surface area contributed by atoms with Crippen molar-refractivity contribution in [3.63, 3.8) is 0 Å². The van der Waals surface area contributed by atoms with Gasteiger partial charge in [-0.2, -0.15) is 0 Å². The summed E-state index contributed by atoms with van der Waals surface area (Å²) in [6.07, 6.45) is 49.8. The van der Waals surface area contributed by atoms with Gasteiger partial charge in [0.05, 0.1) is 6.04 Å². The van der Waals surface area contributed by atoms with Crippen LogP contribution < -0.4 is 11.1 Å². The van der Waals surface area contributed by atoms with Crippen LogP contribution in [0.15, 0.2) is 48.6 Å². The molecule has 0 unspecified atom stereocenters. The molecule has 0 radical (unpaired) electrons. The number of unbranched alkanes of at least 4 members (excludes halogenated alkanes) is 18. The zero-order valence-corrected chi connectivity index (χ0v) is 34.5. The fourth-order valence-corrected chi connectivity index (χ4v) is 6.75. The first-order valence-corrected chi connectivity index (χ1v) is 22.2. The van der Waals surface area contributed by atoms with E-state index in [0.717, 1.165) is 51.9 Å². The number of likely N-dealkylation sites (tertiary alicyclic amines) is 1. The predicted molar refractivity (Wildman–Crippen MR) is 226 cm³/mol. The van der Waals surface area contributed by atoms with Gasteiger partial charge in [0.2, 0.25) is 5.91 Å². The Hall–Kier alpha value is -1.73. The molecule has 1 aliphatic heterocycles. The van der Waals surface area contributed by atoms with E-state index < -0.39 is 6.04 Å². The number of carbonyl (C=O) groups excluding carboxylic acids is 1. The van der Waals surface area contributed by atoms with Crippen molar-refractivity contribution in [1.82, 2.24) is 10.2 Å². The average Bonchev–Trinajstić information content (AvgIpc) is 3.56. The Morgan fingerprint density at radius 1 is 0.596 bits per heavy atom. The Morgan fingerprint density at radius 2 is 0.981 bits per heavy atom. The lowest BCUT2D eigenvalue weighted by atomic mass is 10.1. The van der Waals surface area contributed by atoms with Crippen molar-refractivity contribution in [2.75, 3.05) is 39.9 Å². The van der Waals surface area contributed by atoms with E-state index in [-0.39, 0.29) is 18.1 Å². The minimum absolute atomic E-state index is 0.0400. The normalized spacial score (nSPS) is 17.3. The summed E-state index contributed by atoms with van der Waals surface area (Å²) in [7, 11) is 1.93. The molecule has 3 atom stereocenters. The molecule has 1 heterocycles. The second-order valence-corrected chi connectivity index (χ2v) is 15.1. The van der Waals surface area contributed by atoms with Gasteiger partial charge in [-0.25, -0.2) is 0 Å². The van der Waals surface area contributed by atoms with Gasteiger partial charge in [-0.1, -0.05) is 140 Å². The topological polar surface area (TPSA) is 76.8 Å². The van der Waals surface area contributed by atoms with Crippen molar-refractivity contribution in [2.45, 2.75) is 199 Å². The molecule has 1 amide bonds. The number of nitrogens with one attached hydrogen (secondary N) is 1. The van der Waals surface area contributed by atoms with Crippen molar-refractivity contribution in [2.24, 2.45) is 5.73 Å². The van der Waals surface area contributed by atoms with Crippen LogP contribution in [0.1, 0.15) is 181 Å². The maximum atomic E-state index is 13.2. The zero-order chi connectivity index (χ0) is 37.6. The van der Waals surface area contributed by atoms with Crippen LogP contribution in [-0.4, -0.2) is 69.0 Å². The molecular formula is C46H85N3O3. The fraction of sp³-hybridized carbons (Fsp3) is 0.804. The molecule has 302 valence electrons. The first-order chi connectivity index (χ1) is 25.6. The third kappa shape index (κ3) is 28.7. The molecule has 0 saturated carbocycles. The van der Waals surface area contributed by atoms with Gasteiger partial charge in [0, 0.05) is 26.3 Å². The van der Waals surface area contributed by atoms with Crippen molar-refractivity contribution in [1.29, 1.82) is 0 Å². The second-order valence-electron chi connectivity index (χ2n) is 15.1. The molecule has 6 heteroatoms. The van der Waals surface area contributed by atoms with E-state index in [1.165, 1.54) is 128 Å². The predicted octanol–water partition coefficient (Wildman–Crippen LogP) is 11.6. The van der Waals surface area contributed by atoms with E-state index in [9.17, 15) is 4.79 Å². The van der Waals surface area contributed by atoms with Crippen LogP contribution in [0.5, 0.6) is 0 Å². The Bertz CT molecular complexity index is 843. The van der Waals surface area contributed by atoms with Crippen LogP contribution in [-0.2, 0) is 14.3 Å². The quantitative estimate of drug-likeness (QED) is 0.0492. The standard InChI is InChI=1S/C46H85N3O3/c1-4-6-8-10-12-14-16-18-20-22-24-26-28-30-32-34-39-51-44-41-49(46(50)43(47)37-36-38-48-3)42-45(44)52-40-35-33-31-29-27-25-23-21-19-17-15-13-11-9-7-5-2/h12-15,18-21,43-45,48H,4-11,16-17,22-42,47H2,1-3H3/b14-12-,15-13-,20-18-,21-19-/t43-,44+,45+/m0/s1. The van der Waals surface area contributed by atoms with Gasteiger partial charge in [0.25, 0.3) is 0 Å². The van der Waals surface area contributed by atoms with E-state index >= 15 is 0 Å². The van der Waals surface area contributed by atoms with Crippen LogP contribution >= 0.6 is 0 Å². The number of rotatable bonds is 37. The van der Waals surface area contributed by atoms with Crippen LogP contribution in [0.25, 0.3) is 0 Å². The molecule has 0 aromatic rings. The molecule has 3 N–H and O–H groups in total. The van der Waals surface area contributed by atoms with Gasteiger partial charge >= 0.3 is 0 Å². The summed E-state index contributed by atoms with van der Waals surface area (Å²) >= 11 is 0. The number of carbonyl (C=O) groups is 1. The first-order valence-electron chi connectivity index (χ1n) is 22.2. The third-order valence-corrected chi connectivity index (χ3v) is 10.1. The summed E-state index contributed by atoms with van der Waals surface area (Å²) in [6, 6.07) is -0.451. The monoisotopic (exact) mass is 728 g/mol. The number of ether oxygens (including phenoxy) is 2. The SMILES string of the molecule is CCCCC/C=C\C/C=C\CCCCCCCCO[C@@H]1CN(C(=O)[C@@H](N)CCCNC)C[C@H]1OCCCCCCCC/C=C\C/C=C\CCCCC. The highest BCUT2D eigenvalue weighted by Crippen LogP contribution is 2.20. The number of nitrogens with zero attached hydrogens (tertiary/aromatic N) is 1. The van der Waals surface area contributed by atoms with Crippen LogP contribution in [0.3, 0.4) is 0 Å². The fourth-order valence-electron chi connectivity index (χ4n) is 6.75. The molecule has 0 aromatic heterocycles. The molecule has 0 aromatic carbocycles. The lowest BCUT2D eigenvalue weighted by molar-refractivity contribution is -0.132. The first kappa shape index (κ1) is 48.3. The zero-order valence-electron chi connectivity index (χ0n) is 34.5. The van der Waals surface area contributed by atoms with Gasteiger partial charge in [-0.05, 0) is 103 Å². The van der Waals surface area contributed by atoms with Crippen molar-refractivity contribution >= 4 is 5.91 Å². The number of amides is 1. The minimum Gasteiger partial charge on any atom is -0.374 e. The Balaban J connectivity index is 2.24. The van der Waals surface area contributed by atoms with E-state index in [2.05, 4.69) is 67.8 Å². The summed E-state index contributed by atoms with van der Waals surface area (Å²) < 4.78 is 12.8. The summed E-state index contributed by atoms with van der Waals surface area (Å²) in [4.78, 5) is 15.1. The summed E-state index contributed by atoms with van der Waals surface area (Å²) in [5.41, 5.74) is 6.30. The van der Waals surface area contributed by atoms with Crippen LogP contribution in [0, 0.1) is 0 Å². The average molecular weight is 728 g/mol. The Kier molecular flexibility index (Phi) is 34.9. The van der Waals surface area contributed by atoms with Crippen molar-refractivity contribution in [3.8, 4) is 0 Å². The Labute approximate surface area is 322 Å². The maximum Gasteiger partial charge on any atom is 0.239 e. The number of hydrogen-bond acceptors (Lipinski definition) is 5. The smallest absolute Gasteiger partial charge is 0.239 e. The molecule has 52 heavy (non-hydrogen) atoms. The van der Waals surface area contributed by atoms with Gasteiger partial charge in [0.15, 0.2) is 0 Å². The molecule has 6 nitrogen and oxygen atoms in total. The van der Waals surface area contributed by atoms with Crippen LogP contribution in [0.2, 0.25) is 0 Å². The van der Waals surface area contributed by atoms with Crippen molar-refractivity contribution < 1.29 is 14.3 Å². The van der Waals surface area contributed by atoms with E-state index in [1.54, 1.807) is 0 Å². The number of nitrogens with two attached hydrogens (primary N) is 1. The molecule has 1 fully saturated rings. The second kappa shape index (κ2) is 37.6. The van der Waals surface area contributed by atoms with E-state index in [0.29, 0.717) is 19.5 Å². The summed E-state index contributed by atoms with van der Waals surface area (Å²) in [5, 5.41) is 3.14. The van der Waals surface area contributed by atoms with E-state index in [4.69, 9.17) is 15.2 Å². The van der Waals surface area contributed by atoms with Gasteiger partial charge < -0.3 is 25.4 Å². The highest BCUT2D eigenvalue weighted by molar-refractivity contribution is 5.82. The van der Waals surface area contributed by atoms with Gasteiger partial charge in [-0.15, -0.1) is 0 Å². The Morgan fingerprint density at radius 3 is 1.38 bits per heavy atom. The minimum atomic E-state index is -0.451. The lowest BCUT2D eigenvalue weighted by Crippen LogP contribution is -2.43. The highest BCUT2D eigenvalue weighted by Gasteiger charge is 2.38. The van der Waals surface area contributed by atoms with Crippen molar-refractivity contribution in [3.05, 3.63) is 48.6 Å². The summed E-state index contributed by atoms with van der Waals surface area (Å²) in [6.45, 7) is 8.05. The van der Waals surface area contributed by atoms with Gasteiger partial charge in [0.1, 0.15) is 12.2 Å². The number of hydrogen-bond donors (Lipinski definition) is 2. The van der Waals surface area contributed by atoms with Crippen LogP contribution in [0.4, 0.5) is 0 Å². The summed E-state index contributed by atoms with van der Waals surface area (Å²) in [5.74, 6) is 0.0400. The molecule has 1 saturated heterocycles. The molecular weight excluding hydrogens is 643 g/mol. The van der Waals surface area contributed by atoms with E-state index in [1.807, 2.05) is 11.9 Å². The molecule has 0 spiro atoms. The molecule has 1 rings (SSSR count). The highest BCUT2D eigenvalue weighted by atomic mass is 16.5. The molecule has 0 aliphatic carbocycles. The molecule has 1 aliphatic rings. The number of allylic oxidation sites excluding steroid dienone is 8.